The molecule has 0 fully saturated rings. The van der Waals surface area contributed by atoms with Gasteiger partial charge in [0.25, 0.3) is 0 Å². The van der Waals surface area contributed by atoms with E-state index in [4.69, 9.17) is 0 Å². The molecule has 0 aliphatic carbocycles. The molecule has 2 unspecified atom stereocenters. The number of benzene rings is 2. The van der Waals surface area contributed by atoms with E-state index in [9.17, 15) is 9.90 Å². The minimum atomic E-state index is -0.581. The predicted octanol–water partition coefficient (Wildman–Crippen LogP) is 3.80. The van der Waals surface area contributed by atoms with Gasteiger partial charge in [-0.05, 0) is 43.7 Å². The lowest BCUT2D eigenvalue weighted by atomic mass is 10.1. The Hall–Kier alpha value is -1.69. The van der Waals surface area contributed by atoms with Crippen LogP contribution < -0.4 is 10.6 Å². The van der Waals surface area contributed by atoms with Crippen LogP contribution >= 0.6 is 15.9 Å². The van der Waals surface area contributed by atoms with Gasteiger partial charge in [-0.3, -0.25) is 4.79 Å². The average molecular weight is 391 g/mol. The maximum Gasteiger partial charge on any atom is 0.225 e. The standard InChI is InChI=1S/C19H23BrN2O2/c1-13-3-5-15(6-4-13)18(23)12-21-14(2)11-19(24)22-17-9-7-16(20)8-10-17/h3-10,14,18,21,23H,11-12H2,1-2H3,(H,22,24). The van der Waals surface area contributed by atoms with E-state index in [-0.39, 0.29) is 11.9 Å². The van der Waals surface area contributed by atoms with Gasteiger partial charge in [0.1, 0.15) is 0 Å². The maximum atomic E-state index is 12.0. The molecule has 24 heavy (non-hydrogen) atoms. The molecule has 2 aromatic rings. The zero-order valence-corrected chi connectivity index (χ0v) is 15.5. The summed E-state index contributed by atoms with van der Waals surface area (Å²) in [4.78, 5) is 12.0. The summed E-state index contributed by atoms with van der Waals surface area (Å²) in [6.45, 7) is 4.36. The summed E-state index contributed by atoms with van der Waals surface area (Å²) >= 11 is 3.36. The molecule has 2 aromatic carbocycles. The lowest BCUT2D eigenvalue weighted by Crippen LogP contribution is -2.33. The summed E-state index contributed by atoms with van der Waals surface area (Å²) < 4.78 is 0.973. The molecule has 0 aliphatic rings. The molecule has 0 heterocycles. The van der Waals surface area contributed by atoms with Gasteiger partial charge in [-0.15, -0.1) is 0 Å². The zero-order valence-electron chi connectivity index (χ0n) is 13.9. The highest BCUT2D eigenvalue weighted by Gasteiger charge is 2.12. The Balaban J connectivity index is 1.75. The van der Waals surface area contributed by atoms with E-state index in [1.54, 1.807) is 0 Å². The fourth-order valence-corrected chi connectivity index (χ4v) is 2.58. The first-order valence-corrected chi connectivity index (χ1v) is 8.77. The molecule has 4 nitrogen and oxygen atoms in total. The highest BCUT2D eigenvalue weighted by Crippen LogP contribution is 2.15. The quantitative estimate of drug-likeness (QED) is 0.673. The van der Waals surface area contributed by atoms with Gasteiger partial charge in [0, 0.05) is 29.2 Å². The molecule has 0 aliphatic heterocycles. The van der Waals surface area contributed by atoms with Gasteiger partial charge in [0.2, 0.25) is 5.91 Å². The molecule has 0 spiro atoms. The summed E-state index contributed by atoms with van der Waals surface area (Å²) in [5, 5.41) is 16.3. The van der Waals surface area contributed by atoms with E-state index >= 15 is 0 Å². The van der Waals surface area contributed by atoms with Crippen molar-refractivity contribution in [3.8, 4) is 0 Å². The van der Waals surface area contributed by atoms with Crippen molar-refractivity contribution in [2.45, 2.75) is 32.4 Å². The van der Waals surface area contributed by atoms with Crippen molar-refractivity contribution in [1.82, 2.24) is 5.32 Å². The van der Waals surface area contributed by atoms with Gasteiger partial charge in [0.15, 0.2) is 0 Å². The SMILES string of the molecule is Cc1ccc(C(O)CNC(C)CC(=O)Nc2ccc(Br)cc2)cc1. The topological polar surface area (TPSA) is 61.4 Å². The largest absolute Gasteiger partial charge is 0.387 e. The molecule has 0 aromatic heterocycles. The monoisotopic (exact) mass is 390 g/mol. The number of aryl methyl sites for hydroxylation is 1. The minimum Gasteiger partial charge on any atom is -0.387 e. The maximum absolute atomic E-state index is 12.0. The number of aliphatic hydroxyl groups is 1. The number of hydrogen-bond donors (Lipinski definition) is 3. The first kappa shape index (κ1) is 18.6. The van der Waals surface area contributed by atoms with Gasteiger partial charge in [-0.1, -0.05) is 45.8 Å². The van der Waals surface area contributed by atoms with E-state index in [0.717, 1.165) is 21.3 Å². The van der Waals surface area contributed by atoms with Gasteiger partial charge in [-0.25, -0.2) is 0 Å². The molecule has 2 rings (SSSR count). The van der Waals surface area contributed by atoms with Crippen LogP contribution in [0.25, 0.3) is 0 Å². The summed E-state index contributed by atoms with van der Waals surface area (Å²) in [5.41, 5.74) is 2.81. The van der Waals surface area contributed by atoms with Crippen molar-refractivity contribution < 1.29 is 9.90 Å². The Bertz CT molecular complexity index is 656. The lowest BCUT2D eigenvalue weighted by molar-refractivity contribution is -0.116. The number of carbonyl (C=O) groups is 1. The van der Waals surface area contributed by atoms with Crippen LogP contribution in [-0.4, -0.2) is 23.6 Å². The Labute approximate surface area is 151 Å². The second-order valence-corrected chi connectivity index (χ2v) is 6.91. The van der Waals surface area contributed by atoms with Crippen molar-refractivity contribution in [1.29, 1.82) is 0 Å². The van der Waals surface area contributed by atoms with E-state index < -0.39 is 6.10 Å². The third-order valence-corrected chi connectivity index (χ3v) is 4.27. The molecule has 0 saturated heterocycles. The molecule has 0 radical (unpaired) electrons. The zero-order chi connectivity index (χ0) is 17.5. The molecule has 0 saturated carbocycles. The van der Waals surface area contributed by atoms with Crippen LogP contribution in [0.15, 0.2) is 53.0 Å². The molecule has 2 atom stereocenters. The van der Waals surface area contributed by atoms with Gasteiger partial charge < -0.3 is 15.7 Å². The second-order valence-electron chi connectivity index (χ2n) is 5.99. The van der Waals surface area contributed by atoms with Crippen molar-refractivity contribution in [2.24, 2.45) is 0 Å². The third kappa shape index (κ3) is 6.07. The molecular weight excluding hydrogens is 368 g/mol. The molecule has 0 bridgehead atoms. The number of amides is 1. The van der Waals surface area contributed by atoms with E-state index in [2.05, 4.69) is 26.6 Å². The van der Waals surface area contributed by atoms with Crippen LogP contribution in [0.5, 0.6) is 0 Å². The Morgan fingerprint density at radius 1 is 1.12 bits per heavy atom. The number of anilines is 1. The van der Waals surface area contributed by atoms with Crippen molar-refractivity contribution >= 4 is 27.5 Å². The first-order valence-electron chi connectivity index (χ1n) is 7.97. The number of aliphatic hydroxyl groups excluding tert-OH is 1. The number of carbonyl (C=O) groups excluding carboxylic acids is 1. The second kappa shape index (κ2) is 8.97. The van der Waals surface area contributed by atoms with Gasteiger partial charge >= 0.3 is 0 Å². The number of rotatable bonds is 7. The fraction of sp³-hybridized carbons (Fsp3) is 0.316. The minimum absolute atomic E-state index is 0.0273. The van der Waals surface area contributed by atoms with Crippen LogP contribution in [0, 0.1) is 6.92 Å². The number of hydrogen-bond acceptors (Lipinski definition) is 3. The van der Waals surface area contributed by atoms with Crippen molar-refractivity contribution in [2.75, 3.05) is 11.9 Å². The summed E-state index contributed by atoms with van der Waals surface area (Å²) in [6.07, 6.45) is -0.237. The third-order valence-electron chi connectivity index (χ3n) is 3.74. The lowest BCUT2D eigenvalue weighted by Gasteiger charge is -2.17. The van der Waals surface area contributed by atoms with Crippen molar-refractivity contribution in [3.05, 3.63) is 64.1 Å². The van der Waals surface area contributed by atoms with Crippen LogP contribution in [0.1, 0.15) is 30.6 Å². The average Bonchev–Trinajstić information content (AvgIpc) is 2.55. The van der Waals surface area contributed by atoms with Crippen molar-refractivity contribution in [3.63, 3.8) is 0 Å². The Morgan fingerprint density at radius 2 is 1.75 bits per heavy atom. The van der Waals surface area contributed by atoms with Gasteiger partial charge in [0.05, 0.1) is 6.10 Å². The summed E-state index contributed by atoms with van der Waals surface area (Å²) in [6, 6.07) is 15.2. The summed E-state index contributed by atoms with van der Waals surface area (Å²) in [5.74, 6) is -0.0536. The van der Waals surface area contributed by atoms with Crippen LogP contribution in [-0.2, 0) is 4.79 Å². The normalized spacial score (nSPS) is 13.3. The highest BCUT2D eigenvalue weighted by molar-refractivity contribution is 9.10. The number of halogens is 1. The molecular formula is C19H23BrN2O2. The van der Waals surface area contributed by atoms with E-state index in [1.807, 2.05) is 62.4 Å². The van der Waals surface area contributed by atoms with Crippen LogP contribution in [0.3, 0.4) is 0 Å². The smallest absolute Gasteiger partial charge is 0.225 e. The molecule has 3 N–H and O–H groups in total. The van der Waals surface area contributed by atoms with E-state index in [1.165, 1.54) is 0 Å². The Morgan fingerprint density at radius 3 is 2.38 bits per heavy atom. The fourth-order valence-electron chi connectivity index (χ4n) is 2.31. The van der Waals surface area contributed by atoms with Crippen LogP contribution in [0.2, 0.25) is 0 Å². The van der Waals surface area contributed by atoms with E-state index in [0.29, 0.717) is 13.0 Å². The van der Waals surface area contributed by atoms with Crippen LogP contribution in [0.4, 0.5) is 5.69 Å². The summed E-state index contributed by atoms with van der Waals surface area (Å²) in [7, 11) is 0. The van der Waals surface area contributed by atoms with Gasteiger partial charge in [-0.2, -0.15) is 0 Å². The predicted molar refractivity (Wildman–Crippen MR) is 101 cm³/mol. The highest BCUT2D eigenvalue weighted by atomic mass is 79.9. The molecule has 1 amide bonds. The first-order chi connectivity index (χ1) is 11.4. The molecule has 128 valence electrons. The number of nitrogens with one attached hydrogen (secondary N) is 2. The Kier molecular flexibility index (Phi) is 6.97. The molecule has 5 heteroatoms.